The van der Waals surface area contributed by atoms with Crippen molar-refractivity contribution in [2.24, 2.45) is 5.92 Å². The molecule has 1 aromatic carbocycles. The molecule has 0 saturated heterocycles. The summed E-state index contributed by atoms with van der Waals surface area (Å²) >= 11 is 2.03. The number of aliphatic carboxylic acids is 1. The van der Waals surface area contributed by atoms with E-state index in [9.17, 15) is 19.5 Å². The summed E-state index contributed by atoms with van der Waals surface area (Å²) in [6, 6.07) is 7.04. The van der Waals surface area contributed by atoms with Crippen molar-refractivity contribution in [2.75, 3.05) is 0 Å². The molecule has 2 N–H and O–H groups in total. The fraction of sp³-hybridized carbons (Fsp3) is 0.214. The molecule has 8 heteroatoms. The smallest absolute Gasteiger partial charge is 0.317 e. The van der Waals surface area contributed by atoms with Crippen molar-refractivity contribution in [3.63, 3.8) is 0 Å². The molecular weight excluding hydrogens is 326 g/mol. The number of para-hydroxylation sites is 1. The Hall–Kier alpha value is -2.06. The van der Waals surface area contributed by atoms with Gasteiger partial charge in [-0.1, -0.05) is 41.3 Å². The lowest BCUT2D eigenvalue weighted by atomic mass is 9.80. The fourth-order valence-corrected chi connectivity index (χ4v) is 5.36. The number of rotatable bonds is 1. The Kier molecular flexibility index (Phi) is 2.92. The number of carbonyl (C=O) groups excluding carboxylic acids is 1. The summed E-state index contributed by atoms with van der Waals surface area (Å²) in [7, 11) is 0. The number of hydrogen-bond donors (Lipinski definition) is 2. The summed E-state index contributed by atoms with van der Waals surface area (Å²) in [6.07, 6.45) is 0. The second-order valence-corrected chi connectivity index (χ2v) is 7.21. The highest BCUT2D eigenvalue weighted by Crippen LogP contribution is 2.53. The van der Waals surface area contributed by atoms with Gasteiger partial charge in [0.25, 0.3) is 0 Å². The lowest BCUT2D eigenvalue weighted by Crippen LogP contribution is -2.44. The van der Waals surface area contributed by atoms with E-state index >= 15 is 0 Å². The van der Waals surface area contributed by atoms with Gasteiger partial charge in [0.15, 0.2) is 0 Å². The first-order valence-corrected chi connectivity index (χ1v) is 8.19. The van der Waals surface area contributed by atoms with Crippen LogP contribution < -0.4 is 9.61 Å². The van der Waals surface area contributed by atoms with E-state index in [1.165, 1.54) is 0 Å². The number of carbonyl (C=O) groups is 2. The molecule has 0 spiro atoms. The minimum absolute atomic E-state index is 0.251. The molecule has 2 aliphatic rings. The van der Waals surface area contributed by atoms with Crippen LogP contribution in [0.15, 0.2) is 34.1 Å². The number of carboxylic acid groups (broad SMARTS) is 1. The van der Waals surface area contributed by atoms with Crippen LogP contribution in [-0.4, -0.2) is 27.3 Å². The highest BCUT2D eigenvalue weighted by atomic mass is 32.2. The SMILES string of the molecule is O=C1Oc2ccccc2[C@@H]2c3sc(=O)[nH]c3S[C@@H](C(=O)O)[C@H]12. The normalized spacial score (nSPS) is 25.6. The predicted octanol–water partition coefficient (Wildman–Crippen LogP) is 1.66. The largest absolute Gasteiger partial charge is 0.480 e. The van der Waals surface area contributed by atoms with Crippen LogP contribution in [0.1, 0.15) is 16.4 Å². The van der Waals surface area contributed by atoms with Gasteiger partial charge in [-0.05, 0) is 6.07 Å². The van der Waals surface area contributed by atoms with Crippen LogP contribution in [-0.2, 0) is 9.59 Å². The van der Waals surface area contributed by atoms with E-state index in [1.54, 1.807) is 12.1 Å². The lowest BCUT2D eigenvalue weighted by Gasteiger charge is -2.37. The Morgan fingerprint density at radius 1 is 1.27 bits per heavy atom. The van der Waals surface area contributed by atoms with Gasteiger partial charge in [-0.2, -0.15) is 0 Å². The molecule has 0 bridgehead atoms. The molecule has 2 aliphatic heterocycles. The monoisotopic (exact) mass is 335 g/mol. The summed E-state index contributed by atoms with van der Waals surface area (Å²) in [5, 5.41) is 9.01. The Bertz CT molecular complexity index is 855. The summed E-state index contributed by atoms with van der Waals surface area (Å²) < 4.78 is 5.30. The number of H-pyrrole nitrogens is 1. The summed E-state index contributed by atoms with van der Waals surface area (Å²) in [4.78, 5) is 38.7. The van der Waals surface area contributed by atoms with Crippen LogP contribution in [0.5, 0.6) is 5.75 Å². The van der Waals surface area contributed by atoms with Crippen molar-refractivity contribution in [3.8, 4) is 5.75 Å². The van der Waals surface area contributed by atoms with Crippen LogP contribution in [0.4, 0.5) is 0 Å². The van der Waals surface area contributed by atoms with Crippen LogP contribution in [0.2, 0.25) is 0 Å². The van der Waals surface area contributed by atoms with E-state index in [-0.39, 0.29) is 4.87 Å². The summed E-state index contributed by atoms with van der Waals surface area (Å²) in [5.74, 6) is -2.52. The van der Waals surface area contributed by atoms with E-state index in [0.29, 0.717) is 15.7 Å². The van der Waals surface area contributed by atoms with Gasteiger partial charge in [0, 0.05) is 16.4 Å². The number of aromatic nitrogens is 1. The first kappa shape index (κ1) is 13.6. The average molecular weight is 335 g/mol. The van der Waals surface area contributed by atoms with Crippen LogP contribution >= 0.6 is 23.1 Å². The third-order valence-electron chi connectivity index (χ3n) is 3.83. The number of thiazole rings is 1. The predicted molar refractivity (Wildman–Crippen MR) is 79.6 cm³/mol. The lowest BCUT2D eigenvalue weighted by molar-refractivity contribution is -0.147. The van der Waals surface area contributed by atoms with Gasteiger partial charge in [0.05, 0.1) is 10.9 Å². The van der Waals surface area contributed by atoms with Crippen molar-refractivity contribution < 1.29 is 19.4 Å². The molecule has 3 atom stereocenters. The van der Waals surface area contributed by atoms with Gasteiger partial charge >= 0.3 is 16.8 Å². The zero-order valence-electron chi connectivity index (χ0n) is 10.9. The van der Waals surface area contributed by atoms with Gasteiger partial charge in [-0.25, -0.2) is 0 Å². The number of esters is 1. The molecule has 112 valence electrons. The molecule has 0 radical (unpaired) electrons. The Morgan fingerprint density at radius 2 is 2.05 bits per heavy atom. The molecule has 1 aromatic heterocycles. The topological polar surface area (TPSA) is 96.5 Å². The number of aromatic amines is 1. The minimum atomic E-state index is -1.09. The van der Waals surface area contributed by atoms with Gasteiger partial charge in [-0.3, -0.25) is 14.4 Å². The van der Waals surface area contributed by atoms with Crippen molar-refractivity contribution in [1.82, 2.24) is 4.98 Å². The average Bonchev–Trinajstić information content (AvgIpc) is 2.86. The number of thioether (sulfide) groups is 1. The number of fused-ring (bicyclic) bond motifs is 5. The van der Waals surface area contributed by atoms with Gasteiger partial charge < -0.3 is 14.8 Å². The molecule has 22 heavy (non-hydrogen) atoms. The summed E-state index contributed by atoms with van der Waals surface area (Å²) in [5.41, 5.74) is 0.746. The minimum Gasteiger partial charge on any atom is -0.480 e. The number of ether oxygens (including phenoxy) is 1. The Morgan fingerprint density at radius 3 is 2.82 bits per heavy atom. The zero-order chi connectivity index (χ0) is 15.4. The van der Waals surface area contributed by atoms with Crippen molar-refractivity contribution >= 4 is 35.0 Å². The van der Waals surface area contributed by atoms with Gasteiger partial charge in [-0.15, -0.1) is 0 Å². The Balaban J connectivity index is 1.99. The number of hydrogen-bond acceptors (Lipinski definition) is 6. The molecule has 0 fully saturated rings. The number of carboxylic acids is 1. The molecule has 3 heterocycles. The van der Waals surface area contributed by atoms with Crippen molar-refractivity contribution in [1.29, 1.82) is 0 Å². The molecule has 0 amide bonds. The quantitative estimate of drug-likeness (QED) is 0.608. The number of nitrogens with one attached hydrogen (secondary N) is 1. The maximum Gasteiger partial charge on any atom is 0.317 e. The van der Waals surface area contributed by atoms with E-state index < -0.39 is 29.0 Å². The number of benzene rings is 1. The zero-order valence-corrected chi connectivity index (χ0v) is 12.6. The van der Waals surface area contributed by atoms with Crippen LogP contribution in [0.3, 0.4) is 0 Å². The highest BCUT2D eigenvalue weighted by molar-refractivity contribution is 8.00. The maximum atomic E-state index is 12.3. The van der Waals surface area contributed by atoms with Crippen LogP contribution in [0.25, 0.3) is 0 Å². The van der Waals surface area contributed by atoms with Gasteiger partial charge in [0.2, 0.25) is 0 Å². The second-order valence-electron chi connectivity index (χ2n) is 5.05. The molecule has 0 unspecified atom stereocenters. The van der Waals surface area contributed by atoms with Gasteiger partial charge in [0.1, 0.15) is 11.0 Å². The Labute approximate surface area is 132 Å². The first-order chi connectivity index (χ1) is 10.6. The summed E-state index contributed by atoms with van der Waals surface area (Å²) in [6.45, 7) is 0. The van der Waals surface area contributed by atoms with E-state index in [1.807, 2.05) is 12.1 Å². The molecular formula is C14H9NO5S2. The fourth-order valence-electron chi connectivity index (χ4n) is 2.96. The molecule has 0 aliphatic carbocycles. The van der Waals surface area contributed by atoms with E-state index in [4.69, 9.17) is 4.74 Å². The first-order valence-electron chi connectivity index (χ1n) is 6.49. The third-order valence-corrected chi connectivity index (χ3v) is 6.24. The molecule has 0 saturated carbocycles. The standard InChI is InChI=1S/C14H9NO5S2/c16-12(17)10-8-7(9-11(21-10)15-14(19)22-9)5-3-1-2-4-6(5)20-13(8)18/h1-4,7-8,10H,(H,15,19)(H,16,17)/t7-,8+,10+/m0/s1. The van der Waals surface area contributed by atoms with Crippen molar-refractivity contribution in [2.45, 2.75) is 16.2 Å². The second kappa shape index (κ2) is 4.72. The van der Waals surface area contributed by atoms with E-state index in [2.05, 4.69) is 4.98 Å². The molecule has 6 nitrogen and oxygen atoms in total. The third kappa shape index (κ3) is 1.84. The van der Waals surface area contributed by atoms with E-state index in [0.717, 1.165) is 28.7 Å². The highest BCUT2D eigenvalue weighted by Gasteiger charge is 2.51. The molecule has 4 rings (SSSR count). The van der Waals surface area contributed by atoms with Crippen molar-refractivity contribution in [3.05, 3.63) is 44.4 Å². The maximum absolute atomic E-state index is 12.3. The molecule has 2 aromatic rings. The van der Waals surface area contributed by atoms with Crippen LogP contribution in [0, 0.1) is 5.92 Å².